The largest absolute Gasteiger partial charge is 0.493 e. The van der Waals surface area contributed by atoms with Crippen LogP contribution in [0.25, 0.3) is 5.65 Å². The van der Waals surface area contributed by atoms with Crippen molar-refractivity contribution in [2.75, 3.05) is 19.0 Å². The molecule has 0 saturated heterocycles. The highest BCUT2D eigenvalue weighted by Gasteiger charge is 2.15. The zero-order valence-electron chi connectivity index (χ0n) is 18.0. The van der Waals surface area contributed by atoms with Gasteiger partial charge in [0.1, 0.15) is 18.1 Å². The number of esters is 1. The van der Waals surface area contributed by atoms with E-state index in [0.717, 1.165) is 0 Å². The highest BCUT2D eigenvalue weighted by molar-refractivity contribution is 6.30. The van der Waals surface area contributed by atoms with Gasteiger partial charge in [0.25, 0.3) is 5.91 Å². The number of nitrogens with zero attached hydrogens (tertiary/aromatic N) is 2. The number of carbonyl (C=O) groups is 2. The maximum Gasteiger partial charge on any atom is 0.338 e. The molecule has 0 spiro atoms. The van der Waals surface area contributed by atoms with E-state index in [4.69, 9.17) is 25.8 Å². The summed E-state index contributed by atoms with van der Waals surface area (Å²) in [5, 5.41) is 3.16. The summed E-state index contributed by atoms with van der Waals surface area (Å²) in [4.78, 5) is 29.0. The van der Waals surface area contributed by atoms with Gasteiger partial charge in [0.2, 0.25) is 0 Å². The molecule has 0 bridgehead atoms. The van der Waals surface area contributed by atoms with E-state index in [-0.39, 0.29) is 30.3 Å². The summed E-state index contributed by atoms with van der Waals surface area (Å²) in [5.74, 6) is -0.891. The van der Waals surface area contributed by atoms with Crippen LogP contribution in [0.1, 0.15) is 16.1 Å². The summed E-state index contributed by atoms with van der Waals surface area (Å²) in [6, 6.07) is 13.3. The number of hydrogen-bond donors (Lipinski definition) is 1. The molecule has 0 aliphatic rings. The number of rotatable bonds is 8. The second kappa shape index (κ2) is 10.2. The van der Waals surface area contributed by atoms with Crippen LogP contribution in [0, 0.1) is 5.82 Å². The summed E-state index contributed by atoms with van der Waals surface area (Å²) >= 11 is 5.97. The molecule has 0 fully saturated rings. The molecule has 0 aliphatic heterocycles. The van der Waals surface area contributed by atoms with Crippen LogP contribution in [0.5, 0.6) is 11.5 Å². The van der Waals surface area contributed by atoms with E-state index in [2.05, 4.69) is 10.3 Å². The fraction of sp³-hybridized carbons (Fsp3) is 0.125. The Balaban J connectivity index is 1.35. The number of imidazole rings is 1. The van der Waals surface area contributed by atoms with Gasteiger partial charge in [0, 0.05) is 18.1 Å². The minimum Gasteiger partial charge on any atom is -0.493 e. The highest BCUT2D eigenvalue weighted by Crippen LogP contribution is 2.28. The third kappa shape index (κ3) is 5.62. The summed E-state index contributed by atoms with van der Waals surface area (Å²) in [7, 11) is 1.41. The van der Waals surface area contributed by atoms with Gasteiger partial charge in [-0.2, -0.15) is 0 Å². The van der Waals surface area contributed by atoms with Crippen LogP contribution in [0.4, 0.5) is 10.1 Å². The normalized spacial score (nSPS) is 10.7. The number of aromatic nitrogens is 2. The Bertz CT molecular complexity index is 1340. The SMILES string of the molecule is COc1cc(C(=O)OCc2cn3cc(Cl)ccc3n2)ccc1OCC(=O)Nc1ccc(F)cc1. The Hall–Kier alpha value is -4.11. The predicted molar refractivity (Wildman–Crippen MR) is 123 cm³/mol. The minimum atomic E-state index is -0.575. The highest BCUT2D eigenvalue weighted by atomic mass is 35.5. The third-order valence-corrected chi connectivity index (χ3v) is 4.93. The molecule has 0 atom stereocenters. The molecular formula is C24H19ClFN3O5. The average Bonchev–Trinajstić information content (AvgIpc) is 3.24. The van der Waals surface area contributed by atoms with Crippen LogP contribution in [0.3, 0.4) is 0 Å². The van der Waals surface area contributed by atoms with Gasteiger partial charge in [-0.3, -0.25) is 4.79 Å². The lowest BCUT2D eigenvalue weighted by molar-refractivity contribution is -0.118. The number of carbonyl (C=O) groups excluding carboxylic acids is 2. The zero-order valence-corrected chi connectivity index (χ0v) is 18.7. The van der Waals surface area contributed by atoms with E-state index in [1.165, 1.54) is 49.6 Å². The summed E-state index contributed by atoms with van der Waals surface area (Å²) < 4.78 is 30.8. The number of benzene rings is 2. The molecule has 0 aliphatic carbocycles. The number of methoxy groups -OCH3 is 1. The molecule has 4 rings (SSSR count). The molecule has 0 saturated carbocycles. The number of amides is 1. The lowest BCUT2D eigenvalue weighted by Gasteiger charge is -2.12. The number of halogens is 2. The van der Waals surface area contributed by atoms with Gasteiger partial charge in [-0.25, -0.2) is 14.2 Å². The number of anilines is 1. The van der Waals surface area contributed by atoms with Crippen molar-refractivity contribution in [2.45, 2.75) is 6.61 Å². The Morgan fingerprint density at radius 1 is 1.06 bits per heavy atom. The molecule has 2 aromatic carbocycles. The molecule has 2 heterocycles. The average molecular weight is 484 g/mol. The molecule has 0 unspecified atom stereocenters. The Morgan fingerprint density at radius 3 is 2.62 bits per heavy atom. The first-order valence-electron chi connectivity index (χ1n) is 10.1. The molecule has 1 amide bonds. The van der Waals surface area contributed by atoms with E-state index in [0.29, 0.717) is 22.1 Å². The molecular weight excluding hydrogens is 465 g/mol. The number of hydrogen-bond acceptors (Lipinski definition) is 6. The van der Waals surface area contributed by atoms with Crippen molar-refractivity contribution in [3.63, 3.8) is 0 Å². The van der Waals surface area contributed by atoms with Crippen molar-refractivity contribution in [3.05, 3.63) is 89.1 Å². The monoisotopic (exact) mass is 483 g/mol. The van der Waals surface area contributed by atoms with Crippen molar-refractivity contribution in [1.82, 2.24) is 9.38 Å². The van der Waals surface area contributed by atoms with Crippen LogP contribution in [0.2, 0.25) is 5.02 Å². The molecule has 0 radical (unpaired) electrons. The van der Waals surface area contributed by atoms with Crippen molar-refractivity contribution in [3.8, 4) is 11.5 Å². The number of pyridine rings is 1. The second-order valence-electron chi connectivity index (χ2n) is 7.13. The smallest absolute Gasteiger partial charge is 0.338 e. The number of fused-ring (bicyclic) bond motifs is 1. The molecule has 8 nitrogen and oxygen atoms in total. The second-order valence-corrected chi connectivity index (χ2v) is 7.57. The summed E-state index contributed by atoms with van der Waals surface area (Å²) in [6.07, 6.45) is 3.43. The molecule has 10 heteroatoms. The summed E-state index contributed by atoms with van der Waals surface area (Å²) in [5.41, 5.74) is 1.93. The maximum absolute atomic E-state index is 13.0. The van der Waals surface area contributed by atoms with Gasteiger partial charge >= 0.3 is 5.97 Å². The molecule has 4 aromatic rings. The van der Waals surface area contributed by atoms with Crippen molar-refractivity contribution >= 4 is 34.8 Å². The topological polar surface area (TPSA) is 91.2 Å². The molecule has 1 N–H and O–H groups in total. The van der Waals surface area contributed by atoms with Crippen LogP contribution in [0.15, 0.2) is 67.0 Å². The minimum absolute atomic E-state index is 0.0255. The van der Waals surface area contributed by atoms with Crippen LogP contribution < -0.4 is 14.8 Å². The van der Waals surface area contributed by atoms with Crippen LogP contribution in [-0.2, 0) is 16.1 Å². The summed E-state index contributed by atoms with van der Waals surface area (Å²) in [6.45, 7) is -0.336. The lowest BCUT2D eigenvalue weighted by Crippen LogP contribution is -2.20. The Morgan fingerprint density at radius 2 is 1.85 bits per heavy atom. The first kappa shape index (κ1) is 23.1. The number of ether oxygens (including phenoxy) is 3. The first-order valence-corrected chi connectivity index (χ1v) is 10.5. The quantitative estimate of drug-likeness (QED) is 0.371. The maximum atomic E-state index is 13.0. The molecule has 174 valence electrons. The van der Waals surface area contributed by atoms with Gasteiger partial charge in [-0.1, -0.05) is 11.6 Å². The van der Waals surface area contributed by atoms with Gasteiger partial charge in [0.05, 0.1) is 23.4 Å². The molecule has 2 aromatic heterocycles. The van der Waals surface area contributed by atoms with Crippen molar-refractivity contribution in [1.29, 1.82) is 0 Å². The van der Waals surface area contributed by atoms with E-state index >= 15 is 0 Å². The van der Waals surface area contributed by atoms with Crippen molar-refractivity contribution in [2.24, 2.45) is 0 Å². The standard InChI is InChI=1S/C24H19ClFN3O5/c1-32-21-10-15(24(31)34-13-19-12-29-11-16(25)3-9-22(29)27-19)2-8-20(21)33-14-23(30)28-18-6-4-17(26)5-7-18/h2-12H,13-14H2,1H3,(H,28,30). The number of nitrogens with one attached hydrogen (secondary N) is 1. The molecule has 34 heavy (non-hydrogen) atoms. The van der Waals surface area contributed by atoms with Crippen LogP contribution in [-0.4, -0.2) is 35.0 Å². The fourth-order valence-electron chi connectivity index (χ4n) is 3.10. The fourth-order valence-corrected chi connectivity index (χ4v) is 3.27. The zero-order chi connectivity index (χ0) is 24.1. The van der Waals surface area contributed by atoms with E-state index in [9.17, 15) is 14.0 Å². The Labute approximate surface area is 198 Å². The van der Waals surface area contributed by atoms with Crippen LogP contribution >= 0.6 is 11.6 Å². The van der Waals surface area contributed by atoms with Crippen molar-refractivity contribution < 1.29 is 28.2 Å². The van der Waals surface area contributed by atoms with Gasteiger partial charge < -0.3 is 23.9 Å². The first-order chi connectivity index (χ1) is 16.4. The van der Waals surface area contributed by atoms with E-state index < -0.39 is 17.7 Å². The Kier molecular flexibility index (Phi) is 6.93. The predicted octanol–water partition coefficient (Wildman–Crippen LogP) is 4.51. The third-order valence-electron chi connectivity index (χ3n) is 4.70. The lowest BCUT2D eigenvalue weighted by atomic mass is 10.2. The van der Waals surface area contributed by atoms with E-state index in [1.54, 1.807) is 28.9 Å². The van der Waals surface area contributed by atoms with E-state index in [1.807, 2.05) is 0 Å². The van der Waals surface area contributed by atoms with Gasteiger partial charge in [0.15, 0.2) is 18.1 Å². The van der Waals surface area contributed by atoms with Gasteiger partial charge in [-0.05, 0) is 54.6 Å². The van der Waals surface area contributed by atoms with Gasteiger partial charge in [-0.15, -0.1) is 0 Å².